The number of pyridine rings is 1. The molecule has 2 aromatic rings. The lowest BCUT2D eigenvalue weighted by Crippen LogP contribution is -2.16. The van der Waals surface area contributed by atoms with E-state index < -0.39 is 5.24 Å². The fourth-order valence-electron chi connectivity index (χ4n) is 1.97. The van der Waals surface area contributed by atoms with Crippen LogP contribution in [0, 0.1) is 6.92 Å². The largest absolute Gasteiger partial charge is 0.492 e. The second kappa shape index (κ2) is 5.92. The van der Waals surface area contributed by atoms with E-state index in [9.17, 15) is 9.59 Å². The molecule has 4 nitrogen and oxygen atoms in total. The maximum absolute atomic E-state index is 11.7. The van der Waals surface area contributed by atoms with Crippen LogP contribution in [0.5, 0.6) is 5.75 Å². The molecule has 0 N–H and O–H groups in total. The summed E-state index contributed by atoms with van der Waals surface area (Å²) < 4.78 is 7.28. The van der Waals surface area contributed by atoms with E-state index in [-0.39, 0.29) is 11.0 Å². The maximum Gasteiger partial charge on any atom is 0.257 e. The van der Waals surface area contributed by atoms with E-state index in [4.69, 9.17) is 16.3 Å². The quantitative estimate of drug-likeness (QED) is 0.814. The molecule has 5 heteroatoms. The van der Waals surface area contributed by atoms with E-state index >= 15 is 0 Å². The van der Waals surface area contributed by atoms with E-state index in [1.807, 2.05) is 31.2 Å². The minimum absolute atomic E-state index is 0.0523. The fourth-order valence-corrected chi connectivity index (χ4v) is 2.11. The fraction of sp³-hybridized carbons (Fsp3) is 0.200. The molecule has 20 heavy (non-hydrogen) atoms. The Morgan fingerprint density at radius 3 is 2.70 bits per heavy atom. The average molecular weight is 292 g/mol. The Hall–Kier alpha value is -2.07. The summed E-state index contributed by atoms with van der Waals surface area (Å²) in [5.74, 6) is 0.676. The Bertz CT molecular complexity index is 707. The molecule has 0 aliphatic carbocycles. The molecule has 0 unspecified atom stereocenters. The van der Waals surface area contributed by atoms with Gasteiger partial charge in [-0.05, 0) is 37.6 Å². The number of carbonyl (C=O) groups is 1. The van der Waals surface area contributed by atoms with Gasteiger partial charge < -0.3 is 9.30 Å². The first-order valence-electron chi connectivity index (χ1n) is 6.20. The summed E-state index contributed by atoms with van der Waals surface area (Å²) in [6, 6.07) is 8.79. The van der Waals surface area contributed by atoms with Crippen LogP contribution in [0.25, 0.3) is 5.69 Å². The van der Waals surface area contributed by atoms with Crippen molar-refractivity contribution in [2.75, 3.05) is 6.61 Å². The van der Waals surface area contributed by atoms with Crippen molar-refractivity contribution >= 4 is 16.8 Å². The minimum atomic E-state index is -0.766. The van der Waals surface area contributed by atoms with Crippen LogP contribution in [-0.4, -0.2) is 16.4 Å². The van der Waals surface area contributed by atoms with E-state index in [1.54, 1.807) is 11.5 Å². The van der Waals surface area contributed by atoms with Gasteiger partial charge in [-0.25, -0.2) is 0 Å². The van der Waals surface area contributed by atoms with Crippen molar-refractivity contribution in [3.8, 4) is 11.4 Å². The molecule has 104 valence electrons. The lowest BCUT2D eigenvalue weighted by Gasteiger charge is -2.15. The summed E-state index contributed by atoms with van der Waals surface area (Å²) in [5, 5.41) is -0.766. The Morgan fingerprint density at radius 2 is 2.05 bits per heavy atom. The Balaban J connectivity index is 2.67. The number of hydrogen-bond acceptors (Lipinski definition) is 3. The third kappa shape index (κ3) is 2.75. The van der Waals surface area contributed by atoms with Crippen molar-refractivity contribution in [2.45, 2.75) is 13.8 Å². The van der Waals surface area contributed by atoms with Gasteiger partial charge in [0.25, 0.3) is 5.24 Å². The number of aryl methyl sites for hydroxylation is 1. The molecule has 0 atom stereocenters. The number of benzene rings is 1. The summed E-state index contributed by atoms with van der Waals surface area (Å²) in [7, 11) is 0. The first-order valence-corrected chi connectivity index (χ1v) is 6.57. The summed E-state index contributed by atoms with van der Waals surface area (Å²) >= 11 is 5.44. The van der Waals surface area contributed by atoms with Crippen molar-refractivity contribution in [2.24, 2.45) is 0 Å². The molecule has 0 saturated carbocycles. The molecule has 1 aromatic heterocycles. The normalized spacial score (nSPS) is 10.3. The third-order valence-corrected chi connectivity index (χ3v) is 3.08. The first kappa shape index (κ1) is 14.3. The predicted molar refractivity (Wildman–Crippen MR) is 78.1 cm³/mol. The van der Waals surface area contributed by atoms with Crippen LogP contribution in [0.1, 0.15) is 23.0 Å². The zero-order valence-electron chi connectivity index (χ0n) is 11.2. The van der Waals surface area contributed by atoms with E-state index in [0.29, 0.717) is 18.1 Å². The van der Waals surface area contributed by atoms with Crippen molar-refractivity contribution < 1.29 is 9.53 Å². The molecular formula is C15H14ClNO3. The molecule has 0 spiro atoms. The molecule has 0 radical (unpaired) electrons. The Labute approximate surface area is 121 Å². The molecule has 0 fully saturated rings. The lowest BCUT2D eigenvalue weighted by molar-refractivity contribution is 0.108. The number of halogens is 1. The van der Waals surface area contributed by atoms with Crippen LogP contribution in [0.2, 0.25) is 0 Å². The summed E-state index contributed by atoms with van der Waals surface area (Å²) in [4.78, 5) is 23.0. The topological polar surface area (TPSA) is 48.3 Å². The molecule has 0 saturated heterocycles. The van der Waals surface area contributed by atoms with E-state index in [2.05, 4.69) is 0 Å². The highest BCUT2D eigenvalue weighted by atomic mass is 35.5. The van der Waals surface area contributed by atoms with Gasteiger partial charge >= 0.3 is 0 Å². The zero-order chi connectivity index (χ0) is 14.7. The lowest BCUT2D eigenvalue weighted by atomic mass is 10.2. The van der Waals surface area contributed by atoms with Crippen molar-refractivity contribution in [3.63, 3.8) is 0 Å². The van der Waals surface area contributed by atoms with Crippen LogP contribution in [0.15, 0.2) is 41.3 Å². The number of rotatable bonds is 4. The number of aromatic nitrogens is 1. The van der Waals surface area contributed by atoms with Crippen molar-refractivity contribution in [3.05, 3.63) is 58.0 Å². The maximum atomic E-state index is 11.7. The smallest absolute Gasteiger partial charge is 0.257 e. The molecular weight excluding hydrogens is 278 g/mol. The molecule has 0 bridgehead atoms. The van der Waals surface area contributed by atoms with Gasteiger partial charge in [-0.2, -0.15) is 0 Å². The summed E-state index contributed by atoms with van der Waals surface area (Å²) in [5.41, 5.74) is 1.02. The Morgan fingerprint density at radius 1 is 1.35 bits per heavy atom. The number of nitrogens with zero attached hydrogens (tertiary/aromatic N) is 1. The molecule has 1 aromatic carbocycles. The number of carbonyl (C=O) groups excluding carboxylic acids is 1. The number of ether oxygens (including phenoxy) is 1. The van der Waals surface area contributed by atoms with E-state index in [0.717, 1.165) is 5.69 Å². The van der Waals surface area contributed by atoms with Crippen LogP contribution in [-0.2, 0) is 0 Å². The minimum Gasteiger partial charge on any atom is -0.492 e. The van der Waals surface area contributed by atoms with Crippen LogP contribution >= 0.6 is 11.6 Å². The highest BCUT2D eigenvalue weighted by Gasteiger charge is 2.13. The zero-order valence-corrected chi connectivity index (χ0v) is 12.0. The second-order valence-electron chi connectivity index (χ2n) is 4.24. The molecule has 0 aliphatic rings. The third-order valence-electron chi connectivity index (χ3n) is 2.88. The average Bonchev–Trinajstić information content (AvgIpc) is 2.40. The molecule has 0 aliphatic heterocycles. The number of hydrogen-bond donors (Lipinski definition) is 0. The summed E-state index contributed by atoms with van der Waals surface area (Å²) in [6.45, 7) is 4.20. The van der Waals surface area contributed by atoms with Gasteiger partial charge in [0, 0.05) is 18.0 Å². The van der Waals surface area contributed by atoms with Gasteiger partial charge in [0.15, 0.2) is 5.43 Å². The van der Waals surface area contributed by atoms with Gasteiger partial charge in [0.2, 0.25) is 0 Å². The second-order valence-corrected chi connectivity index (χ2v) is 4.58. The van der Waals surface area contributed by atoms with Gasteiger partial charge in [-0.15, -0.1) is 0 Å². The van der Waals surface area contributed by atoms with Crippen LogP contribution in [0.3, 0.4) is 0 Å². The van der Waals surface area contributed by atoms with Crippen LogP contribution < -0.4 is 10.2 Å². The standard InChI is InChI=1S/C15H14ClNO3/c1-3-20-14-7-5-4-6-12(14)17-9-11(15(16)19)13(18)8-10(17)2/h4-9H,3H2,1-2H3. The molecule has 0 amide bonds. The number of para-hydroxylation sites is 2. The van der Waals surface area contributed by atoms with Crippen LogP contribution in [0.4, 0.5) is 0 Å². The molecule has 2 rings (SSSR count). The first-order chi connectivity index (χ1) is 9.54. The highest BCUT2D eigenvalue weighted by Crippen LogP contribution is 2.23. The SMILES string of the molecule is CCOc1ccccc1-n1cc(C(=O)Cl)c(=O)cc1C. The molecule has 1 heterocycles. The monoisotopic (exact) mass is 291 g/mol. The van der Waals surface area contributed by atoms with Gasteiger partial charge in [-0.3, -0.25) is 9.59 Å². The van der Waals surface area contributed by atoms with Gasteiger partial charge in [0.05, 0.1) is 17.9 Å². The van der Waals surface area contributed by atoms with Gasteiger partial charge in [0.1, 0.15) is 5.75 Å². The highest BCUT2D eigenvalue weighted by molar-refractivity contribution is 6.67. The van der Waals surface area contributed by atoms with Crippen molar-refractivity contribution in [1.82, 2.24) is 4.57 Å². The van der Waals surface area contributed by atoms with Crippen molar-refractivity contribution in [1.29, 1.82) is 0 Å². The van der Waals surface area contributed by atoms with E-state index in [1.165, 1.54) is 12.3 Å². The summed E-state index contributed by atoms with van der Waals surface area (Å²) in [6.07, 6.45) is 1.45. The predicted octanol–water partition coefficient (Wildman–Crippen LogP) is 2.92. The Kier molecular flexibility index (Phi) is 4.25. The van der Waals surface area contributed by atoms with Gasteiger partial charge in [-0.1, -0.05) is 12.1 Å².